The van der Waals surface area contributed by atoms with Crippen LogP contribution < -0.4 is 0 Å². The minimum Gasteiger partial charge on any atom is -0.355 e. The largest absolute Gasteiger partial charge is 0.355 e. The van der Waals surface area contributed by atoms with Crippen LogP contribution in [0.1, 0.15) is 0 Å². The normalized spacial score (nSPS) is 20.6. The molecule has 0 aliphatic carbocycles. The van der Waals surface area contributed by atoms with Crippen molar-refractivity contribution in [2.24, 2.45) is 0 Å². The van der Waals surface area contributed by atoms with Crippen LogP contribution >= 0.6 is 58.4 Å². The molecule has 1 aliphatic heterocycles. The van der Waals surface area contributed by atoms with Crippen LogP contribution in [0.15, 0.2) is 8.42 Å². The van der Waals surface area contributed by atoms with Crippen LogP contribution in [0.3, 0.4) is 0 Å². The molecule has 0 bridgehead atoms. The van der Waals surface area contributed by atoms with Crippen LogP contribution in [0.25, 0.3) is 0 Å². The fourth-order valence-electron chi connectivity index (χ4n) is 1.28. The molecule has 7 heteroatoms. The second kappa shape index (κ2) is 5.48. The number of rotatable bonds is 3. The molecule has 0 saturated heterocycles. The van der Waals surface area contributed by atoms with E-state index in [0.717, 1.165) is 8.89 Å². The Morgan fingerprint density at radius 2 is 1.93 bits per heavy atom. The first-order chi connectivity index (χ1) is 7.24. The molecule has 1 atom stereocenters. The maximum absolute atomic E-state index is 5.29. The van der Waals surface area contributed by atoms with Gasteiger partial charge in [-0.1, -0.05) is 12.2 Å². The summed E-state index contributed by atoms with van der Waals surface area (Å²) in [6.45, 7) is 0. The van der Waals surface area contributed by atoms with Gasteiger partial charge in [0.1, 0.15) is 3.14 Å². The third-order valence-corrected chi connectivity index (χ3v) is 8.01. The topological polar surface area (TPSA) is 18.5 Å². The van der Waals surface area contributed by atoms with E-state index in [1.54, 1.807) is 36.9 Å². The molecule has 1 aliphatic rings. The van der Waals surface area contributed by atoms with Gasteiger partial charge in [-0.05, 0) is 0 Å². The molecule has 1 aromatic rings. The lowest BCUT2D eigenvalue weighted by Crippen LogP contribution is -2.30. The van der Waals surface area contributed by atoms with Crippen molar-refractivity contribution in [1.29, 1.82) is 0 Å². The molecule has 2 heterocycles. The zero-order valence-corrected chi connectivity index (χ0v) is 12.3. The number of hydrogen-bond donors (Lipinski definition) is 0. The van der Waals surface area contributed by atoms with E-state index in [0.29, 0.717) is 5.25 Å². The first-order valence-corrected chi connectivity index (χ1v) is 8.14. The van der Waals surface area contributed by atoms with Gasteiger partial charge >= 0.3 is 0 Å². The summed E-state index contributed by atoms with van der Waals surface area (Å²) in [5, 5.41) is 0.359. The summed E-state index contributed by atoms with van der Waals surface area (Å²) >= 11 is 12.3. The predicted octanol–water partition coefficient (Wildman–Crippen LogP) is 3.72. The Hall–Kier alpha value is 0.890. The molecule has 0 saturated carbocycles. The number of hydrogen-bond acceptors (Lipinski definition) is 7. The van der Waals surface area contributed by atoms with Gasteiger partial charge in [-0.3, -0.25) is 0 Å². The van der Waals surface area contributed by atoms with Gasteiger partial charge in [-0.2, -0.15) is 0 Å². The monoisotopic (exact) mass is 298 g/mol. The van der Waals surface area contributed by atoms with Crippen molar-refractivity contribution in [2.45, 2.75) is 20.0 Å². The average Bonchev–Trinajstić information content (AvgIpc) is 2.59. The number of methoxy groups -OCH3 is 2. The number of fused-ring (bicyclic) bond motifs is 1. The standard InChI is InChI=1S/C8H10O2S5/c1-9-5(10-2)4-3-12-6-7(13-4)15-8(11)14-6/h4-5H,3H2,1-2H3. The quantitative estimate of drug-likeness (QED) is 0.623. The van der Waals surface area contributed by atoms with Crippen molar-refractivity contribution in [1.82, 2.24) is 0 Å². The average molecular weight is 299 g/mol. The summed E-state index contributed by atoms with van der Waals surface area (Å²) in [5.74, 6) is 1.02. The van der Waals surface area contributed by atoms with Crippen molar-refractivity contribution < 1.29 is 9.47 Å². The summed E-state index contributed by atoms with van der Waals surface area (Å²) in [7, 11) is 3.37. The molecule has 0 radical (unpaired) electrons. The first-order valence-electron chi connectivity index (χ1n) is 4.23. The predicted molar refractivity (Wildman–Crippen MR) is 71.2 cm³/mol. The Morgan fingerprint density at radius 3 is 2.60 bits per heavy atom. The smallest absolute Gasteiger partial charge is 0.169 e. The molecule has 2 nitrogen and oxygen atoms in total. The van der Waals surface area contributed by atoms with Gasteiger partial charge < -0.3 is 9.47 Å². The summed E-state index contributed by atoms with van der Waals surface area (Å²) in [6, 6.07) is 0. The van der Waals surface area contributed by atoms with Gasteiger partial charge in [-0.15, -0.1) is 46.2 Å². The molecule has 15 heavy (non-hydrogen) atoms. The molecule has 1 aromatic heterocycles. The van der Waals surface area contributed by atoms with Crippen LogP contribution in [0.5, 0.6) is 0 Å². The van der Waals surface area contributed by atoms with Gasteiger partial charge in [0.25, 0.3) is 0 Å². The van der Waals surface area contributed by atoms with Gasteiger partial charge in [0.2, 0.25) is 0 Å². The summed E-state index contributed by atoms with van der Waals surface area (Å²) in [5.41, 5.74) is 0. The summed E-state index contributed by atoms with van der Waals surface area (Å²) in [4.78, 5) is 0. The maximum atomic E-state index is 5.29. The molecule has 0 amide bonds. The van der Waals surface area contributed by atoms with Crippen LogP contribution in [0.2, 0.25) is 0 Å². The maximum Gasteiger partial charge on any atom is 0.169 e. The molecule has 0 spiro atoms. The van der Waals surface area contributed by atoms with E-state index in [-0.39, 0.29) is 6.29 Å². The van der Waals surface area contributed by atoms with E-state index in [9.17, 15) is 0 Å². The van der Waals surface area contributed by atoms with E-state index < -0.39 is 0 Å². The Morgan fingerprint density at radius 1 is 1.27 bits per heavy atom. The third kappa shape index (κ3) is 2.77. The fourth-order valence-corrected chi connectivity index (χ4v) is 7.97. The van der Waals surface area contributed by atoms with Crippen LogP contribution in [-0.4, -0.2) is 31.5 Å². The third-order valence-electron chi connectivity index (χ3n) is 1.92. The molecule has 0 fully saturated rings. The Bertz CT molecular complexity index is 381. The second-order valence-electron chi connectivity index (χ2n) is 2.84. The first kappa shape index (κ1) is 12.3. The Balaban J connectivity index is 2.14. The molecule has 0 aromatic carbocycles. The minimum absolute atomic E-state index is 0.128. The highest BCUT2D eigenvalue weighted by Crippen LogP contribution is 2.48. The van der Waals surface area contributed by atoms with E-state index in [4.69, 9.17) is 21.7 Å². The molecular weight excluding hydrogens is 288 g/mol. The Kier molecular flexibility index (Phi) is 4.51. The summed E-state index contributed by atoms with van der Waals surface area (Å²) in [6.07, 6.45) is -0.128. The van der Waals surface area contributed by atoms with Crippen LogP contribution in [0.4, 0.5) is 0 Å². The van der Waals surface area contributed by atoms with Crippen molar-refractivity contribution >= 4 is 58.4 Å². The van der Waals surface area contributed by atoms with Crippen molar-refractivity contribution in [3.05, 3.63) is 3.14 Å². The molecule has 0 N–H and O–H groups in total. The zero-order valence-electron chi connectivity index (χ0n) is 8.22. The van der Waals surface area contributed by atoms with Gasteiger partial charge in [0.05, 0.1) is 13.7 Å². The van der Waals surface area contributed by atoms with Gasteiger partial charge in [-0.25, -0.2) is 0 Å². The van der Waals surface area contributed by atoms with Crippen molar-refractivity contribution in [3.63, 3.8) is 0 Å². The second-order valence-corrected chi connectivity index (χ2v) is 8.86. The lowest BCUT2D eigenvalue weighted by atomic mass is 10.4. The minimum atomic E-state index is -0.128. The van der Waals surface area contributed by atoms with E-state index in [1.165, 1.54) is 8.42 Å². The van der Waals surface area contributed by atoms with E-state index in [2.05, 4.69) is 0 Å². The summed E-state index contributed by atoms with van der Waals surface area (Å²) < 4.78 is 14.3. The SMILES string of the molecule is COC(OC)C1CSc2sc(=S)sc2S1. The number of thioether (sulfide) groups is 2. The lowest BCUT2D eigenvalue weighted by molar-refractivity contribution is -0.0982. The molecule has 2 rings (SSSR count). The van der Waals surface area contributed by atoms with Crippen LogP contribution in [-0.2, 0) is 9.47 Å². The molecule has 84 valence electrons. The van der Waals surface area contributed by atoms with Crippen molar-refractivity contribution in [3.8, 4) is 0 Å². The lowest BCUT2D eigenvalue weighted by Gasteiger charge is -2.26. The van der Waals surface area contributed by atoms with Crippen LogP contribution in [0, 0.1) is 3.14 Å². The molecular formula is C8H10O2S5. The van der Waals surface area contributed by atoms with E-state index >= 15 is 0 Å². The van der Waals surface area contributed by atoms with Gasteiger partial charge in [0, 0.05) is 20.0 Å². The highest BCUT2D eigenvalue weighted by atomic mass is 32.2. The molecule has 1 unspecified atom stereocenters. The van der Waals surface area contributed by atoms with Gasteiger partial charge in [0.15, 0.2) is 6.29 Å². The highest BCUT2D eigenvalue weighted by molar-refractivity contribution is 8.08. The Labute approximate surface area is 110 Å². The number of ether oxygens (including phenoxy) is 2. The van der Waals surface area contributed by atoms with E-state index in [1.807, 2.05) is 23.5 Å². The van der Waals surface area contributed by atoms with Crippen molar-refractivity contribution in [2.75, 3.05) is 20.0 Å². The fraction of sp³-hybridized carbons (Fsp3) is 0.625. The highest BCUT2D eigenvalue weighted by Gasteiger charge is 2.29. The zero-order chi connectivity index (χ0) is 10.8.